The third kappa shape index (κ3) is 2.83. The molecule has 1 saturated carbocycles. The maximum absolute atomic E-state index is 13.6. The molecule has 2 nitrogen and oxygen atoms in total. The molecule has 2 rings (SSSR count). The number of aliphatic hydroxyl groups excluding tert-OH is 1. The molecular weight excluding hydrogens is 217 g/mol. The van der Waals surface area contributed by atoms with Crippen LogP contribution in [0.1, 0.15) is 50.7 Å². The van der Waals surface area contributed by atoms with Crippen LogP contribution in [-0.4, -0.2) is 10.1 Å². The van der Waals surface area contributed by atoms with Crippen molar-refractivity contribution in [2.24, 2.45) is 11.8 Å². The molecule has 0 saturated heterocycles. The number of halogens is 1. The van der Waals surface area contributed by atoms with Crippen molar-refractivity contribution < 1.29 is 9.50 Å². The summed E-state index contributed by atoms with van der Waals surface area (Å²) < 4.78 is 13.6. The molecule has 17 heavy (non-hydrogen) atoms. The van der Waals surface area contributed by atoms with E-state index in [1.807, 2.05) is 0 Å². The Morgan fingerprint density at radius 2 is 2.35 bits per heavy atom. The molecule has 1 aliphatic rings. The normalized spacial score (nSPS) is 26.8. The zero-order valence-electron chi connectivity index (χ0n) is 10.3. The Morgan fingerprint density at radius 1 is 1.53 bits per heavy atom. The van der Waals surface area contributed by atoms with Gasteiger partial charge in [-0.15, -0.1) is 0 Å². The average molecular weight is 237 g/mol. The van der Waals surface area contributed by atoms with E-state index >= 15 is 0 Å². The van der Waals surface area contributed by atoms with Crippen LogP contribution in [0.2, 0.25) is 0 Å². The van der Waals surface area contributed by atoms with Gasteiger partial charge < -0.3 is 5.11 Å². The Hall–Kier alpha value is -0.960. The molecule has 1 aliphatic carbocycles. The number of hydrogen-bond acceptors (Lipinski definition) is 2. The second-order valence-electron chi connectivity index (χ2n) is 5.04. The minimum absolute atomic E-state index is 0.200. The van der Waals surface area contributed by atoms with E-state index in [1.54, 1.807) is 12.3 Å². The summed E-state index contributed by atoms with van der Waals surface area (Å²) in [4.78, 5) is 3.72. The molecule has 3 atom stereocenters. The number of hydrogen-bond donors (Lipinski definition) is 1. The standard InChI is InChI=1S/C14H20FNO/c1-2-10-4-3-5-11(8-10)14(17)12-6-7-16-9-13(12)15/h6-7,9-11,14,17H,2-5,8H2,1H3. The summed E-state index contributed by atoms with van der Waals surface area (Å²) in [5, 5.41) is 10.3. The van der Waals surface area contributed by atoms with Gasteiger partial charge in [-0.2, -0.15) is 0 Å². The first-order chi connectivity index (χ1) is 8.22. The van der Waals surface area contributed by atoms with Crippen LogP contribution < -0.4 is 0 Å². The summed E-state index contributed by atoms with van der Waals surface area (Å²) in [6.07, 6.45) is 7.61. The van der Waals surface area contributed by atoms with E-state index in [-0.39, 0.29) is 5.92 Å². The molecule has 1 heterocycles. The summed E-state index contributed by atoms with van der Waals surface area (Å²) in [7, 11) is 0. The van der Waals surface area contributed by atoms with E-state index in [0.717, 1.165) is 25.7 Å². The van der Waals surface area contributed by atoms with Crippen LogP contribution in [0.4, 0.5) is 4.39 Å². The van der Waals surface area contributed by atoms with Gasteiger partial charge in [-0.1, -0.05) is 26.2 Å². The first-order valence-corrected chi connectivity index (χ1v) is 6.49. The second-order valence-corrected chi connectivity index (χ2v) is 5.04. The van der Waals surface area contributed by atoms with Crippen molar-refractivity contribution in [3.8, 4) is 0 Å². The Kier molecular flexibility index (Phi) is 4.11. The van der Waals surface area contributed by atoms with Gasteiger partial charge >= 0.3 is 0 Å². The van der Waals surface area contributed by atoms with Crippen molar-refractivity contribution in [1.82, 2.24) is 4.98 Å². The van der Waals surface area contributed by atoms with Crippen LogP contribution in [0.5, 0.6) is 0 Å². The van der Waals surface area contributed by atoms with Gasteiger partial charge in [0.25, 0.3) is 0 Å². The highest BCUT2D eigenvalue weighted by molar-refractivity contribution is 5.16. The van der Waals surface area contributed by atoms with Crippen LogP contribution in [0.25, 0.3) is 0 Å². The molecular formula is C14H20FNO. The predicted octanol–water partition coefficient (Wildman–Crippen LogP) is 3.47. The Labute approximate surface area is 102 Å². The van der Waals surface area contributed by atoms with Crippen molar-refractivity contribution in [1.29, 1.82) is 0 Å². The quantitative estimate of drug-likeness (QED) is 0.873. The minimum atomic E-state index is -0.674. The maximum Gasteiger partial charge on any atom is 0.147 e. The zero-order chi connectivity index (χ0) is 12.3. The fraction of sp³-hybridized carbons (Fsp3) is 0.643. The molecule has 0 spiro atoms. The molecule has 1 N–H and O–H groups in total. The first-order valence-electron chi connectivity index (χ1n) is 6.49. The number of aliphatic hydroxyl groups is 1. The summed E-state index contributed by atoms with van der Waals surface area (Å²) in [6, 6.07) is 1.59. The van der Waals surface area contributed by atoms with Crippen molar-refractivity contribution in [2.75, 3.05) is 0 Å². The third-order valence-corrected chi connectivity index (χ3v) is 3.97. The Morgan fingerprint density at radius 3 is 3.06 bits per heavy atom. The highest BCUT2D eigenvalue weighted by Crippen LogP contribution is 2.38. The SMILES string of the molecule is CCC1CCCC(C(O)c2ccncc2F)C1. The van der Waals surface area contributed by atoms with E-state index < -0.39 is 11.9 Å². The average Bonchev–Trinajstić information content (AvgIpc) is 2.38. The molecule has 94 valence electrons. The van der Waals surface area contributed by atoms with Crippen molar-refractivity contribution in [2.45, 2.75) is 45.1 Å². The molecule has 0 aromatic carbocycles. The Bertz CT molecular complexity index is 369. The van der Waals surface area contributed by atoms with Crippen molar-refractivity contribution >= 4 is 0 Å². The van der Waals surface area contributed by atoms with Crippen molar-refractivity contribution in [3.05, 3.63) is 29.8 Å². The van der Waals surface area contributed by atoms with E-state index in [4.69, 9.17) is 0 Å². The van der Waals surface area contributed by atoms with Gasteiger partial charge in [0.2, 0.25) is 0 Å². The fourth-order valence-corrected chi connectivity index (χ4v) is 2.87. The largest absolute Gasteiger partial charge is 0.388 e. The van der Waals surface area contributed by atoms with Gasteiger partial charge in [0, 0.05) is 11.8 Å². The molecule has 0 aliphatic heterocycles. The van der Waals surface area contributed by atoms with Gasteiger partial charge in [0.15, 0.2) is 0 Å². The highest BCUT2D eigenvalue weighted by atomic mass is 19.1. The summed E-state index contributed by atoms with van der Waals surface area (Å²) in [6.45, 7) is 2.19. The molecule has 1 fully saturated rings. The van der Waals surface area contributed by atoms with E-state index in [1.165, 1.54) is 12.6 Å². The fourth-order valence-electron chi connectivity index (χ4n) is 2.87. The highest BCUT2D eigenvalue weighted by Gasteiger charge is 2.28. The van der Waals surface area contributed by atoms with Gasteiger partial charge in [-0.25, -0.2) is 4.39 Å². The zero-order valence-corrected chi connectivity index (χ0v) is 10.3. The summed E-state index contributed by atoms with van der Waals surface area (Å²) >= 11 is 0. The maximum atomic E-state index is 13.6. The summed E-state index contributed by atoms with van der Waals surface area (Å²) in [5.41, 5.74) is 0.404. The molecule has 0 radical (unpaired) electrons. The Balaban J connectivity index is 2.09. The van der Waals surface area contributed by atoms with Crippen LogP contribution in [0.3, 0.4) is 0 Å². The van der Waals surface area contributed by atoms with E-state index in [0.29, 0.717) is 11.5 Å². The van der Waals surface area contributed by atoms with Gasteiger partial charge in [-0.05, 0) is 30.7 Å². The lowest BCUT2D eigenvalue weighted by Gasteiger charge is -2.32. The monoisotopic (exact) mass is 237 g/mol. The minimum Gasteiger partial charge on any atom is -0.388 e. The summed E-state index contributed by atoms with van der Waals surface area (Å²) in [5.74, 6) is 0.498. The van der Waals surface area contributed by atoms with Crippen molar-refractivity contribution in [3.63, 3.8) is 0 Å². The number of aromatic nitrogens is 1. The topological polar surface area (TPSA) is 33.1 Å². The number of pyridine rings is 1. The van der Waals surface area contributed by atoms with Crippen LogP contribution in [-0.2, 0) is 0 Å². The first kappa shape index (κ1) is 12.5. The molecule has 1 aromatic rings. The number of nitrogens with zero attached hydrogens (tertiary/aromatic N) is 1. The van der Waals surface area contributed by atoms with Gasteiger partial charge in [-0.3, -0.25) is 4.98 Å². The molecule has 0 bridgehead atoms. The molecule has 1 aromatic heterocycles. The number of rotatable bonds is 3. The lowest BCUT2D eigenvalue weighted by molar-refractivity contribution is 0.0649. The molecule has 3 heteroatoms. The van der Waals surface area contributed by atoms with Gasteiger partial charge in [0.05, 0.1) is 12.3 Å². The molecule has 0 amide bonds. The third-order valence-electron chi connectivity index (χ3n) is 3.97. The van der Waals surface area contributed by atoms with Crippen LogP contribution in [0, 0.1) is 17.7 Å². The molecule has 3 unspecified atom stereocenters. The lowest BCUT2D eigenvalue weighted by Crippen LogP contribution is -2.22. The second kappa shape index (κ2) is 5.58. The van der Waals surface area contributed by atoms with E-state index in [9.17, 15) is 9.50 Å². The van der Waals surface area contributed by atoms with E-state index in [2.05, 4.69) is 11.9 Å². The predicted molar refractivity (Wildman–Crippen MR) is 64.9 cm³/mol. The van der Waals surface area contributed by atoms with Crippen LogP contribution in [0.15, 0.2) is 18.5 Å². The lowest BCUT2D eigenvalue weighted by atomic mass is 9.76. The van der Waals surface area contributed by atoms with Gasteiger partial charge in [0.1, 0.15) is 5.82 Å². The van der Waals surface area contributed by atoms with Crippen LogP contribution >= 0.6 is 0 Å². The smallest absolute Gasteiger partial charge is 0.147 e.